The second-order valence-corrected chi connectivity index (χ2v) is 8.85. The van der Waals surface area contributed by atoms with Gasteiger partial charge >= 0.3 is 0 Å². The van der Waals surface area contributed by atoms with Crippen LogP contribution < -0.4 is 0 Å². The fourth-order valence-corrected chi connectivity index (χ4v) is 3.54. The minimum absolute atomic E-state index is 0.00821. The highest BCUT2D eigenvalue weighted by Crippen LogP contribution is 2.23. The quantitative estimate of drug-likeness (QED) is 0.379. The second kappa shape index (κ2) is 11.5. The number of hydrazine groups is 1. The predicted molar refractivity (Wildman–Crippen MR) is 130 cm³/mol. The summed E-state index contributed by atoms with van der Waals surface area (Å²) in [6.07, 6.45) is 7.99. The molecule has 1 aromatic heterocycles. The summed E-state index contributed by atoms with van der Waals surface area (Å²) in [6.45, 7) is 11.9. The van der Waals surface area contributed by atoms with E-state index in [0.717, 1.165) is 12.1 Å². The van der Waals surface area contributed by atoms with Crippen molar-refractivity contribution in [2.75, 3.05) is 19.6 Å². The average Bonchev–Trinajstić information content (AvgIpc) is 3.23. The van der Waals surface area contributed by atoms with E-state index in [1.807, 2.05) is 23.2 Å². The van der Waals surface area contributed by atoms with E-state index in [0.29, 0.717) is 13.1 Å². The maximum Gasteiger partial charge on any atom is 0.234 e. The van der Waals surface area contributed by atoms with E-state index in [9.17, 15) is 4.79 Å². The van der Waals surface area contributed by atoms with Crippen molar-refractivity contribution in [1.82, 2.24) is 10.0 Å². The Bertz CT molecular complexity index is 924. The molecule has 0 fully saturated rings. The van der Waals surface area contributed by atoms with Crippen LogP contribution in [-0.2, 0) is 4.79 Å². The van der Waals surface area contributed by atoms with E-state index >= 15 is 0 Å². The number of hydrogen-bond donors (Lipinski definition) is 0. The van der Waals surface area contributed by atoms with E-state index in [4.69, 9.17) is 0 Å². The van der Waals surface area contributed by atoms with Gasteiger partial charge < -0.3 is 0 Å². The Hall–Kier alpha value is -2.61. The van der Waals surface area contributed by atoms with Gasteiger partial charge in [0.2, 0.25) is 5.91 Å². The molecule has 0 aliphatic carbocycles. The van der Waals surface area contributed by atoms with Gasteiger partial charge in [-0.3, -0.25) is 9.80 Å². The summed E-state index contributed by atoms with van der Waals surface area (Å²) in [5.74, 6) is 6.30. The number of carbonyl (C=O) groups excluding carboxylic acids is 1. The van der Waals surface area contributed by atoms with Crippen LogP contribution in [0, 0.1) is 17.3 Å². The molecule has 0 N–H and O–H groups in total. The van der Waals surface area contributed by atoms with Crippen molar-refractivity contribution in [2.24, 2.45) is 5.41 Å². The third kappa shape index (κ3) is 8.02. The topological polar surface area (TPSA) is 23.6 Å². The molecule has 0 saturated heterocycles. The fourth-order valence-electron chi connectivity index (χ4n) is 2.87. The SMILES string of the molecule is CCN(CC=CC#CC(C)(C)C)N(CC=Cc1cccc(-c2ccsc2)c1)C(C)=O. The normalized spacial score (nSPS) is 11.8. The van der Waals surface area contributed by atoms with Crippen molar-refractivity contribution < 1.29 is 4.79 Å². The molecule has 0 radical (unpaired) electrons. The van der Waals surface area contributed by atoms with Crippen LogP contribution in [0.25, 0.3) is 17.2 Å². The highest BCUT2D eigenvalue weighted by atomic mass is 32.1. The molecule has 0 bridgehead atoms. The highest BCUT2D eigenvalue weighted by molar-refractivity contribution is 7.08. The molecular weight excluding hydrogens is 388 g/mol. The Morgan fingerprint density at radius 2 is 1.93 bits per heavy atom. The average molecular weight is 421 g/mol. The number of rotatable bonds is 8. The summed E-state index contributed by atoms with van der Waals surface area (Å²) in [5, 5.41) is 8.05. The van der Waals surface area contributed by atoms with Gasteiger partial charge in [0.1, 0.15) is 0 Å². The minimum atomic E-state index is -0.00821. The van der Waals surface area contributed by atoms with Gasteiger partial charge in [0, 0.05) is 25.4 Å². The van der Waals surface area contributed by atoms with Crippen molar-refractivity contribution in [1.29, 1.82) is 0 Å². The maximum atomic E-state index is 12.2. The first-order valence-electron chi connectivity index (χ1n) is 10.3. The molecule has 0 aliphatic heterocycles. The van der Waals surface area contributed by atoms with Crippen molar-refractivity contribution >= 4 is 23.3 Å². The van der Waals surface area contributed by atoms with Gasteiger partial charge in [-0.1, -0.05) is 55.2 Å². The molecule has 1 heterocycles. The van der Waals surface area contributed by atoms with E-state index in [1.54, 1.807) is 23.3 Å². The van der Waals surface area contributed by atoms with Crippen molar-refractivity contribution in [3.8, 4) is 23.0 Å². The number of thiophene rings is 1. The lowest BCUT2D eigenvalue weighted by Gasteiger charge is -2.31. The zero-order valence-corrected chi connectivity index (χ0v) is 19.5. The van der Waals surface area contributed by atoms with Gasteiger partial charge in [0.25, 0.3) is 0 Å². The van der Waals surface area contributed by atoms with Gasteiger partial charge in [-0.05, 0) is 66.4 Å². The lowest BCUT2D eigenvalue weighted by Crippen LogP contribution is -2.45. The van der Waals surface area contributed by atoms with Crippen LogP contribution in [-0.4, -0.2) is 35.6 Å². The molecular formula is C26H32N2OS. The summed E-state index contributed by atoms with van der Waals surface area (Å²) < 4.78 is 0. The first-order valence-corrected chi connectivity index (χ1v) is 11.2. The van der Waals surface area contributed by atoms with E-state index < -0.39 is 0 Å². The molecule has 2 aromatic rings. The summed E-state index contributed by atoms with van der Waals surface area (Å²) >= 11 is 1.70. The molecule has 2 rings (SSSR count). The molecule has 0 saturated carbocycles. The summed E-state index contributed by atoms with van der Waals surface area (Å²) in [5.41, 5.74) is 3.56. The standard InChI is InChI=1S/C26H32N2OS/c1-6-27(17-9-7-8-16-26(3,4)5)28(22(2)29)18-11-13-23-12-10-14-24(20-23)25-15-19-30-21-25/h7,9-15,19-21H,6,17-18H2,1-5H3. The van der Waals surface area contributed by atoms with Gasteiger partial charge in [-0.15, -0.1) is 0 Å². The van der Waals surface area contributed by atoms with E-state index in [1.165, 1.54) is 11.1 Å². The largest absolute Gasteiger partial charge is 0.274 e. The number of allylic oxidation sites excluding steroid dienone is 1. The summed E-state index contributed by atoms with van der Waals surface area (Å²) in [7, 11) is 0. The van der Waals surface area contributed by atoms with Gasteiger partial charge in [-0.25, -0.2) is 5.01 Å². The van der Waals surface area contributed by atoms with Crippen LogP contribution in [0.5, 0.6) is 0 Å². The Kier molecular flexibility index (Phi) is 9.11. The lowest BCUT2D eigenvalue weighted by atomic mass is 9.98. The molecule has 0 spiro atoms. The smallest absolute Gasteiger partial charge is 0.234 e. The zero-order valence-electron chi connectivity index (χ0n) is 18.7. The van der Waals surface area contributed by atoms with Crippen molar-refractivity contribution in [3.63, 3.8) is 0 Å². The monoisotopic (exact) mass is 420 g/mol. The third-order valence-electron chi connectivity index (χ3n) is 4.36. The Balaban J connectivity index is 2.02. The molecule has 3 nitrogen and oxygen atoms in total. The predicted octanol–water partition coefficient (Wildman–Crippen LogP) is 6.12. The zero-order chi connectivity index (χ0) is 22.0. The Labute approximate surface area is 185 Å². The van der Waals surface area contributed by atoms with Crippen LogP contribution in [0.4, 0.5) is 0 Å². The number of benzene rings is 1. The first kappa shape index (κ1) is 23.7. The van der Waals surface area contributed by atoms with E-state index in [-0.39, 0.29) is 11.3 Å². The lowest BCUT2D eigenvalue weighted by molar-refractivity contribution is -0.144. The highest BCUT2D eigenvalue weighted by Gasteiger charge is 2.14. The second-order valence-electron chi connectivity index (χ2n) is 8.07. The van der Waals surface area contributed by atoms with Crippen molar-refractivity contribution in [3.05, 3.63) is 64.9 Å². The van der Waals surface area contributed by atoms with Gasteiger partial charge in [0.05, 0.1) is 6.54 Å². The van der Waals surface area contributed by atoms with E-state index in [2.05, 4.69) is 86.7 Å². The van der Waals surface area contributed by atoms with Gasteiger partial charge in [0.15, 0.2) is 0 Å². The number of carbonyl (C=O) groups is 1. The minimum Gasteiger partial charge on any atom is -0.274 e. The fraction of sp³-hybridized carbons (Fsp3) is 0.346. The third-order valence-corrected chi connectivity index (χ3v) is 5.05. The number of amides is 1. The summed E-state index contributed by atoms with van der Waals surface area (Å²) in [4.78, 5) is 12.2. The number of likely N-dealkylation sites (N-methyl/N-ethyl adjacent to an activating group) is 1. The Morgan fingerprint density at radius 3 is 2.57 bits per heavy atom. The van der Waals surface area contributed by atoms with Crippen LogP contribution in [0.3, 0.4) is 0 Å². The molecule has 1 amide bonds. The molecule has 158 valence electrons. The summed E-state index contributed by atoms with van der Waals surface area (Å²) in [6, 6.07) is 10.6. The molecule has 4 heteroatoms. The van der Waals surface area contributed by atoms with Crippen LogP contribution in [0.1, 0.15) is 40.2 Å². The number of hydrogen-bond acceptors (Lipinski definition) is 3. The molecule has 1 aromatic carbocycles. The molecule has 30 heavy (non-hydrogen) atoms. The maximum absolute atomic E-state index is 12.2. The Morgan fingerprint density at radius 1 is 1.13 bits per heavy atom. The van der Waals surface area contributed by atoms with Crippen LogP contribution in [0.2, 0.25) is 0 Å². The van der Waals surface area contributed by atoms with Crippen molar-refractivity contribution in [2.45, 2.75) is 34.6 Å². The van der Waals surface area contributed by atoms with Crippen LogP contribution >= 0.6 is 11.3 Å². The van der Waals surface area contributed by atoms with Crippen LogP contribution in [0.15, 0.2) is 59.3 Å². The number of nitrogens with zero attached hydrogens (tertiary/aromatic N) is 2. The first-order chi connectivity index (χ1) is 14.3. The molecule has 0 unspecified atom stereocenters. The molecule has 0 atom stereocenters. The molecule has 0 aliphatic rings. The van der Waals surface area contributed by atoms with Gasteiger partial charge in [-0.2, -0.15) is 11.3 Å².